The maximum atomic E-state index is 15.4. The first kappa shape index (κ1) is 27.3. The Morgan fingerprint density at radius 3 is 2.74 bits per heavy atom. The summed E-state index contributed by atoms with van der Waals surface area (Å²) in [6, 6.07) is 8.00. The van der Waals surface area contributed by atoms with Crippen molar-refractivity contribution < 1.29 is 32.6 Å². The third kappa shape index (κ3) is 6.17. The highest BCUT2D eigenvalue weighted by Crippen LogP contribution is 2.31. The maximum Gasteiger partial charge on any atom is 0.306 e. The Balaban J connectivity index is 1.23. The van der Waals surface area contributed by atoms with Crippen LogP contribution >= 0.6 is 11.6 Å². The smallest absolute Gasteiger partial charge is 0.306 e. The van der Waals surface area contributed by atoms with E-state index in [0.29, 0.717) is 41.9 Å². The number of anilines is 2. The van der Waals surface area contributed by atoms with Gasteiger partial charge in [-0.1, -0.05) is 23.7 Å². The number of rotatable bonds is 8. The van der Waals surface area contributed by atoms with Crippen LogP contribution in [0.2, 0.25) is 5.02 Å². The van der Waals surface area contributed by atoms with Gasteiger partial charge in [0.1, 0.15) is 11.7 Å². The van der Waals surface area contributed by atoms with Gasteiger partial charge in [0.05, 0.1) is 37.6 Å². The third-order valence-electron chi connectivity index (χ3n) is 7.59. The first-order chi connectivity index (χ1) is 18.7. The van der Waals surface area contributed by atoms with Crippen LogP contribution in [0.5, 0.6) is 0 Å². The molecule has 39 heavy (non-hydrogen) atoms. The number of benzene rings is 2. The minimum Gasteiger partial charge on any atom is -0.481 e. The molecule has 2 atom stereocenters. The number of fused-ring (bicyclic) bond motifs is 1. The maximum absolute atomic E-state index is 15.4. The monoisotopic (exact) mass is 561 g/mol. The van der Waals surface area contributed by atoms with E-state index in [0.717, 1.165) is 5.56 Å². The largest absolute Gasteiger partial charge is 0.481 e. The van der Waals surface area contributed by atoms with Crippen molar-refractivity contribution in [3.05, 3.63) is 52.3 Å². The average Bonchev–Trinajstić information content (AvgIpc) is 3.50. The van der Waals surface area contributed by atoms with E-state index in [1.165, 1.54) is 11.0 Å². The van der Waals surface area contributed by atoms with Gasteiger partial charge < -0.3 is 24.5 Å². The van der Waals surface area contributed by atoms with Gasteiger partial charge >= 0.3 is 5.97 Å². The molecule has 1 aromatic heterocycles. The van der Waals surface area contributed by atoms with Crippen LogP contribution in [-0.2, 0) is 20.7 Å². The lowest BCUT2D eigenvalue weighted by atomic mass is 9.87. The number of amides is 1. The summed E-state index contributed by atoms with van der Waals surface area (Å²) < 4.78 is 41.3. The van der Waals surface area contributed by atoms with Gasteiger partial charge in [0.15, 0.2) is 11.4 Å². The number of carboxylic acids is 1. The molecule has 0 radical (unpaired) electrons. The first-order valence-electron chi connectivity index (χ1n) is 13.1. The highest BCUT2D eigenvalue weighted by molar-refractivity contribution is 6.30. The zero-order chi connectivity index (χ0) is 27.7. The Morgan fingerprint density at radius 2 is 2.00 bits per heavy atom. The van der Waals surface area contributed by atoms with E-state index < -0.39 is 29.9 Å². The number of likely N-dealkylation sites (tertiary alicyclic amines) is 1. The van der Waals surface area contributed by atoms with Crippen molar-refractivity contribution in [3.63, 3.8) is 0 Å². The lowest BCUT2D eigenvalue weighted by Gasteiger charge is -2.29. The van der Waals surface area contributed by atoms with Crippen LogP contribution in [0, 0.1) is 18.7 Å². The predicted octanol–water partition coefficient (Wildman–Crippen LogP) is 5.81. The van der Waals surface area contributed by atoms with Crippen LogP contribution < -0.4 is 5.32 Å². The summed E-state index contributed by atoms with van der Waals surface area (Å²) in [4.78, 5) is 30.0. The number of aliphatic carboxylic acids is 1. The first-order valence-corrected chi connectivity index (χ1v) is 13.4. The number of aromatic nitrogens is 1. The number of hydrogen-bond donors (Lipinski definition) is 2. The van der Waals surface area contributed by atoms with Crippen LogP contribution in [0.15, 0.2) is 34.7 Å². The Labute approximate surface area is 229 Å². The molecular formula is C28H30ClF2N3O5. The summed E-state index contributed by atoms with van der Waals surface area (Å²) in [6.07, 6.45) is 0.913. The van der Waals surface area contributed by atoms with Crippen molar-refractivity contribution in [3.8, 4) is 0 Å². The van der Waals surface area contributed by atoms with Crippen LogP contribution in [-0.4, -0.2) is 58.3 Å². The van der Waals surface area contributed by atoms with Gasteiger partial charge in [-0.3, -0.25) is 9.59 Å². The number of nitrogens with one attached hydrogen (secondary N) is 1. The quantitative estimate of drug-likeness (QED) is 0.357. The van der Waals surface area contributed by atoms with Crippen molar-refractivity contribution in [2.24, 2.45) is 5.92 Å². The molecule has 1 saturated heterocycles. The number of alkyl halides is 1. The van der Waals surface area contributed by atoms with Crippen LogP contribution in [0.3, 0.4) is 0 Å². The second-order valence-electron chi connectivity index (χ2n) is 10.3. The molecule has 8 nitrogen and oxygen atoms in total. The van der Waals surface area contributed by atoms with E-state index in [2.05, 4.69) is 10.3 Å². The Morgan fingerprint density at radius 1 is 1.23 bits per heavy atom. The molecule has 2 aliphatic rings. The summed E-state index contributed by atoms with van der Waals surface area (Å²) in [6.45, 7) is 1.97. The standard InChI is InChI=1S/C28H30ClF2N3O5/c1-15-2-6-18(29)11-23(15)33-28-32-22-9-5-17(25(31)26(22)39-28)10-24(35)34-13-19(30)12-20(34)14-38-21-7-3-16(4-8-21)27(36)37/h2,5-6,9,11,16,19-21H,3-4,7-8,10,12-14H2,1H3,(H,32,33)(H,36,37)/t16-,19-,20-,21-/m0/s1. The predicted molar refractivity (Wildman–Crippen MR) is 141 cm³/mol. The second-order valence-corrected chi connectivity index (χ2v) is 10.8. The summed E-state index contributed by atoms with van der Waals surface area (Å²) in [5.41, 5.74) is 1.91. The molecule has 11 heteroatoms. The second kappa shape index (κ2) is 11.5. The lowest BCUT2D eigenvalue weighted by Crippen LogP contribution is -2.40. The van der Waals surface area contributed by atoms with E-state index in [1.807, 2.05) is 13.0 Å². The number of halogens is 3. The van der Waals surface area contributed by atoms with Crippen LogP contribution in [0.25, 0.3) is 11.1 Å². The number of carbonyl (C=O) groups is 2. The average molecular weight is 562 g/mol. The highest BCUT2D eigenvalue weighted by atomic mass is 35.5. The van der Waals surface area contributed by atoms with E-state index in [-0.39, 0.29) is 55.2 Å². The SMILES string of the molecule is Cc1ccc(Cl)cc1Nc1nc2ccc(CC(=O)N3C[C@@H](F)C[C@H]3CO[C@H]3CC[C@H](C(=O)O)CC3)c(F)c2o1. The topological polar surface area (TPSA) is 105 Å². The van der Waals surface area contributed by atoms with Gasteiger partial charge in [0.2, 0.25) is 5.91 Å². The van der Waals surface area contributed by atoms with Gasteiger partial charge in [-0.15, -0.1) is 0 Å². The molecule has 1 aliphatic carbocycles. The summed E-state index contributed by atoms with van der Waals surface area (Å²) >= 11 is 6.07. The number of oxazole rings is 1. The zero-order valence-electron chi connectivity index (χ0n) is 21.5. The highest BCUT2D eigenvalue weighted by Gasteiger charge is 2.37. The molecular weight excluding hydrogens is 532 g/mol. The van der Waals surface area contributed by atoms with Crippen molar-refractivity contribution in [2.75, 3.05) is 18.5 Å². The number of carbonyl (C=O) groups excluding carboxylic acids is 1. The van der Waals surface area contributed by atoms with Crippen molar-refractivity contribution >= 4 is 46.3 Å². The Kier molecular flexibility index (Phi) is 8.04. The molecule has 0 bridgehead atoms. The fraction of sp³-hybridized carbons (Fsp3) is 0.464. The zero-order valence-corrected chi connectivity index (χ0v) is 22.2. The minimum absolute atomic E-state index is 0.0716. The van der Waals surface area contributed by atoms with Gasteiger partial charge in [0.25, 0.3) is 6.01 Å². The van der Waals surface area contributed by atoms with Gasteiger partial charge in [-0.05, 0) is 56.4 Å². The summed E-state index contributed by atoms with van der Waals surface area (Å²) in [7, 11) is 0. The number of carboxylic acid groups (broad SMARTS) is 1. The molecule has 3 aromatic rings. The molecule has 2 heterocycles. The molecule has 2 aromatic carbocycles. The van der Waals surface area contributed by atoms with E-state index >= 15 is 4.39 Å². The van der Waals surface area contributed by atoms with Crippen LogP contribution in [0.4, 0.5) is 20.5 Å². The molecule has 0 unspecified atom stereocenters. The van der Waals surface area contributed by atoms with Gasteiger partial charge in [-0.25, -0.2) is 8.78 Å². The van der Waals surface area contributed by atoms with Crippen molar-refractivity contribution in [2.45, 2.75) is 63.8 Å². The molecule has 2 fully saturated rings. The molecule has 0 spiro atoms. The third-order valence-corrected chi connectivity index (χ3v) is 7.83. The van der Waals surface area contributed by atoms with Crippen LogP contribution in [0.1, 0.15) is 43.2 Å². The fourth-order valence-electron chi connectivity index (χ4n) is 5.35. The number of aryl methyl sites for hydroxylation is 1. The summed E-state index contributed by atoms with van der Waals surface area (Å²) in [5.74, 6) is -2.23. The number of ether oxygens (including phenoxy) is 1. The summed E-state index contributed by atoms with van der Waals surface area (Å²) in [5, 5.41) is 12.7. The molecule has 1 amide bonds. The van der Waals surface area contributed by atoms with Gasteiger partial charge in [-0.2, -0.15) is 4.98 Å². The molecule has 1 saturated carbocycles. The Bertz CT molecular complexity index is 1370. The lowest BCUT2D eigenvalue weighted by molar-refractivity contribution is -0.144. The fourth-order valence-corrected chi connectivity index (χ4v) is 5.52. The van der Waals surface area contributed by atoms with Crippen molar-refractivity contribution in [1.29, 1.82) is 0 Å². The molecule has 5 rings (SSSR count). The van der Waals surface area contributed by atoms with E-state index in [4.69, 9.17) is 25.9 Å². The molecule has 1 aliphatic heterocycles. The minimum atomic E-state index is -1.18. The molecule has 2 N–H and O–H groups in total. The van der Waals surface area contributed by atoms with Crippen molar-refractivity contribution in [1.82, 2.24) is 9.88 Å². The van der Waals surface area contributed by atoms with E-state index in [1.54, 1.807) is 18.2 Å². The molecule has 208 valence electrons. The Hall–Kier alpha value is -3.24. The normalized spacial score (nSPS) is 23.3. The number of hydrogen-bond acceptors (Lipinski definition) is 6. The van der Waals surface area contributed by atoms with Gasteiger partial charge in [0, 0.05) is 22.7 Å². The number of nitrogens with zero attached hydrogens (tertiary/aromatic N) is 2. The van der Waals surface area contributed by atoms with E-state index in [9.17, 15) is 14.0 Å².